The summed E-state index contributed by atoms with van der Waals surface area (Å²) in [4.78, 5) is 15.5. The number of aromatic nitrogens is 2. The van der Waals surface area contributed by atoms with Crippen LogP contribution in [0.4, 0.5) is 0 Å². The van der Waals surface area contributed by atoms with E-state index in [2.05, 4.69) is 102 Å². The number of rotatable bonds is 9. The van der Waals surface area contributed by atoms with Crippen LogP contribution in [0, 0.1) is 6.92 Å². The smallest absolute Gasteiger partial charge is 0.121 e. The molecule has 0 amide bonds. The number of aldehydes is 1. The Morgan fingerprint density at radius 1 is 0.774 bits per heavy atom. The summed E-state index contributed by atoms with van der Waals surface area (Å²) in [7, 11) is 0. The van der Waals surface area contributed by atoms with Gasteiger partial charge in [-0.15, -0.1) is 0 Å². The van der Waals surface area contributed by atoms with Gasteiger partial charge < -0.3 is 9.36 Å². The molecule has 0 aliphatic rings. The van der Waals surface area contributed by atoms with Crippen LogP contribution in [0.25, 0.3) is 0 Å². The summed E-state index contributed by atoms with van der Waals surface area (Å²) in [5, 5.41) is 0. The molecule has 3 aromatic carbocycles. The van der Waals surface area contributed by atoms with E-state index in [9.17, 15) is 4.79 Å². The van der Waals surface area contributed by atoms with E-state index in [-0.39, 0.29) is 0 Å². The molecule has 4 aromatic rings. The van der Waals surface area contributed by atoms with Crippen LogP contribution in [0.5, 0.6) is 0 Å². The van der Waals surface area contributed by atoms with Gasteiger partial charge in [-0.25, -0.2) is 4.98 Å². The highest BCUT2D eigenvalue weighted by molar-refractivity contribution is 5.51. The van der Waals surface area contributed by atoms with E-state index in [0.717, 1.165) is 36.9 Å². The van der Waals surface area contributed by atoms with Crippen LogP contribution in [0.2, 0.25) is 0 Å². The van der Waals surface area contributed by atoms with Gasteiger partial charge in [0.2, 0.25) is 0 Å². The van der Waals surface area contributed by atoms with Crippen LogP contribution in [-0.2, 0) is 16.8 Å². The zero-order valence-corrected chi connectivity index (χ0v) is 17.9. The van der Waals surface area contributed by atoms with E-state index >= 15 is 0 Å². The van der Waals surface area contributed by atoms with Crippen molar-refractivity contribution in [3.05, 3.63) is 125 Å². The molecule has 0 unspecified atom stereocenters. The van der Waals surface area contributed by atoms with Crippen molar-refractivity contribution >= 4 is 6.29 Å². The first-order valence-corrected chi connectivity index (χ1v) is 10.9. The van der Waals surface area contributed by atoms with Crippen molar-refractivity contribution < 1.29 is 4.79 Å². The van der Waals surface area contributed by atoms with E-state index in [4.69, 9.17) is 4.98 Å². The first-order valence-electron chi connectivity index (χ1n) is 10.9. The maximum atomic E-state index is 10.7. The lowest BCUT2D eigenvalue weighted by Crippen LogP contribution is -2.38. The number of imidazole rings is 1. The third kappa shape index (κ3) is 3.96. The maximum absolute atomic E-state index is 10.7. The average molecular weight is 409 g/mol. The first-order chi connectivity index (χ1) is 15.3. The quantitative estimate of drug-likeness (QED) is 0.195. The second-order valence-electron chi connectivity index (χ2n) is 7.87. The summed E-state index contributed by atoms with van der Waals surface area (Å²) in [6, 6.07) is 32.0. The minimum atomic E-state index is -0.526. The number of unbranched alkanes of at least 4 members (excludes halogenated alkanes) is 2. The fraction of sp³-hybridized carbons (Fsp3) is 0.214. The van der Waals surface area contributed by atoms with Crippen LogP contribution in [0.1, 0.15) is 47.3 Å². The highest BCUT2D eigenvalue weighted by atomic mass is 16.1. The molecule has 3 nitrogen and oxygen atoms in total. The van der Waals surface area contributed by atoms with Gasteiger partial charge in [0.05, 0.1) is 12.0 Å². The average Bonchev–Trinajstić information content (AvgIpc) is 3.20. The molecule has 0 spiro atoms. The molecule has 0 radical (unpaired) electrons. The van der Waals surface area contributed by atoms with Gasteiger partial charge in [-0.2, -0.15) is 0 Å². The van der Waals surface area contributed by atoms with Crippen LogP contribution < -0.4 is 0 Å². The lowest BCUT2D eigenvalue weighted by atomic mass is 9.76. The van der Waals surface area contributed by atoms with E-state index in [1.54, 1.807) is 0 Å². The van der Waals surface area contributed by atoms with Crippen molar-refractivity contribution in [3.8, 4) is 0 Å². The molecule has 0 aliphatic carbocycles. The maximum Gasteiger partial charge on any atom is 0.121 e. The number of aryl methyl sites for hydroxylation is 1. The number of carbonyl (C=O) groups is 1. The molecule has 0 bridgehead atoms. The van der Waals surface area contributed by atoms with Gasteiger partial charge >= 0.3 is 0 Å². The lowest BCUT2D eigenvalue weighted by molar-refractivity contribution is -0.107. The fourth-order valence-electron chi connectivity index (χ4n) is 4.51. The number of nitrogens with zero attached hydrogens (tertiary/aromatic N) is 2. The Morgan fingerprint density at radius 2 is 1.26 bits per heavy atom. The standard InChI is InChI=1S/C28H28N2O/c1-23-27(20-12-5-13-21-31)29-22-30(23)28(24-14-6-2-7-15-24,25-16-8-3-9-17-25)26-18-10-4-11-19-26/h2-4,6-11,14-19,21-22H,5,12-13,20H2,1H3. The normalized spacial score (nSPS) is 11.4. The molecule has 0 atom stereocenters. The van der Waals surface area contributed by atoms with Crippen molar-refractivity contribution in [3.63, 3.8) is 0 Å². The largest absolute Gasteiger partial charge is 0.316 e. The fourth-order valence-corrected chi connectivity index (χ4v) is 4.51. The van der Waals surface area contributed by atoms with Gasteiger partial charge in [0.15, 0.2) is 0 Å². The van der Waals surface area contributed by atoms with Crippen molar-refractivity contribution in [2.75, 3.05) is 0 Å². The number of hydrogen-bond acceptors (Lipinski definition) is 2. The Morgan fingerprint density at radius 3 is 1.71 bits per heavy atom. The minimum Gasteiger partial charge on any atom is -0.316 e. The molecule has 0 fully saturated rings. The van der Waals surface area contributed by atoms with Crippen molar-refractivity contribution in [1.29, 1.82) is 0 Å². The van der Waals surface area contributed by atoms with E-state index in [1.807, 2.05) is 6.33 Å². The third-order valence-corrected chi connectivity index (χ3v) is 6.03. The summed E-state index contributed by atoms with van der Waals surface area (Å²) in [5.41, 5.74) is 5.31. The summed E-state index contributed by atoms with van der Waals surface area (Å²) in [5.74, 6) is 0. The lowest BCUT2D eigenvalue weighted by Gasteiger charge is -2.38. The predicted molar refractivity (Wildman–Crippen MR) is 125 cm³/mol. The first kappa shape index (κ1) is 20.8. The summed E-state index contributed by atoms with van der Waals surface area (Å²) in [6.07, 6.45) is 6.33. The van der Waals surface area contributed by atoms with Gasteiger partial charge in [0.1, 0.15) is 11.8 Å². The number of hydrogen-bond donors (Lipinski definition) is 0. The highest BCUT2D eigenvalue weighted by Gasteiger charge is 2.39. The van der Waals surface area contributed by atoms with Crippen molar-refractivity contribution in [1.82, 2.24) is 9.55 Å². The van der Waals surface area contributed by atoms with Crippen LogP contribution in [0.15, 0.2) is 97.3 Å². The Kier molecular flexibility index (Phi) is 6.42. The van der Waals surface area contributed by atoms with Crippen LogP contribution in [0.3, 0.4) is 0 Å². The van der Waals surface area contributed by atoms with Gasteiger partial charge in [-0.05, 0) is 42.9 Å². The van der Waals surface area contributed by atoms with Gasteiger partial charge in [-0.3, -0.25) is 0 Å². The monoisotopic (exact) mass is 408 g/mol. The summed E-state index contributed by atoms with van der Waals surface area (Å²) in [6.45, 7) is 2.16. The molecule has 0 saturated heterocycles. The Labute approximate surface area is 184 Å². The van der Waals surface area contributed by atoms with E-state index < -0.39 is 5.54 Å². The molecule has 0 aliphatic heterocycles. The van der Waals surface area contributed by atoms with Crippen LogP contribution in [-0.4, -0.2) is 15.8 Å². The zero-order valence-electron chi connectivity index (χ0n) is 17.9. The molecule has 0 saturated carbocycles. The number of carbonyl (C=O) groups excluding carboxylic acids is 1. The predicted octanol–water partition coefficient (Wildman–Crippen LogP) is 5.94. The second-order valence-corrected chi connectivity index (χ2v) is 7.87. The van der Waals surface area contributed by atoms with Crippen molar-refractivity contribution in [2.45, 2.75) is 38.1 Å². The highest BCUT2D eigenvalue weighted by Crippen LogP contribution is 2.41. The Hall–Kier alpha value is -3.46. The topological polar surface area (TPSA) is 34.9 Å². The van der Waals surface area contributed by atoms with Crippen LogP contribution >= 0.6 is 0 Å². The van der Waals surface area contributed by atoms with E-state index in [0.29, 0.717) is 6.42 Å². The Bertz CT molecular complexity index is 1010. The van der Waals surface area contributed by atoms with Gasteiger partial charge in [-0.1, -0.05) is 91.0 Å². The molecule has 3 heteroatoms. The minimum absolute atomic E-state index is 0.526. The molecule has 0 N–H and O–H groups in total. The molecular weight excluding hydrogens is 380 g/mol. The molecular formula is C28H28N2O. The molecule has 31 heavy (non-hydrogen) atoms. The Balaban J connectivity index is 1.94. The zero-order chi connectivity index (χ0) is 21.5. The number of benzene rings is 3. The second kappa shape index (κ2) is 9.57. The molecule has 156 valence electrons. The summed E-state index contributed by atoms with van der Waals surface area (Å²) >= 11 is 0. The molecule has 1 aromatic heterocycles. The van der Waals surface area contributed by atoms with Gasteiger partial charge in [0.25, 0.3) is 0 Å². The summed E-state index contributed by atoms with van der Waals surface area (Å²) < 4.78 is 2.32. The molecule has 1 heterocycles. The molecule has 4 rings (SSSR count). The van der Waals surface area contributed by atoms with Gasteiger partial charge in [0, 0.05) is 12.1 Å². The van der Waals surface area contributed by atoms with Crippen molar-refractivity contribution in [2.24, 2.45) is 0 Å². The SMILES string of the molecule is Cc1c(CCCCC=O)ncn1C(c1ccccc1)(c1ccccc1)c1ccccc1. The third-order valence-electron chi connectivity index (χ3n) is 6.03. The van der Waals surface area contributed by atoms with E-state index in [1.165, 1.54) is 16.7 Å².